The van der Waals surface area contributed by atoms with E-state index in [1.54, 1.807) is 31.5 Å². The molecule has 0 aliphatic rings. The second-order valence-corrected chi connectivity index (χ2v) is 3.95. The number of aryl methyl sites for hydroxylation is 1. The molecule has 19 heavy (non-hydrogen) atoms. The molecule has 0 atom stereocenters. The van der Waals surface area contributed by atoms with Gasteiger partial charge in [0.2, 0.25) is 0 Å². The molecule has 0 radical (unpaired) electrons. The third-order valence-electron chi connectivity index (χ3n) is 2.75. The van der Waals surface area contributed by atoms with Gasteiger partial charge in [-0.3, -0.25) is 4.98 Å². The average Bonchev–Trinajstić information content (AvgIpc) is 2.84. The number of nitrogen functional groups attached to an aromatic ring is 1. The summed E-state index contributed by atoms with van der Waals surface area (Å²) in [6.07, 6.45) is 3.31. The molecular weight excluding hydrogens is 242 g/mol. The van der Waals surface area contributed by atoms with Gasteiger partial charge < -0.3 is 5.73 Å². The standard InChI is InChI=1S/C12H9N7/c1-7-9(6-13)10(14)19-12(16-7)17-11(18-19)8-2-4-15-5-3-8/h2-5H,14H2,1H3. The van der Waals surface area contributed by atoms with Crippen LogP contribution in [0.2, 0.25) is 0 Å². The molecule has 0 aliphatic heterocycles. The maximum Gasteiger partial charge on any atom is 0.254 e. The minimum atomic E-state index is 0.248. The molecule has 0 bridgehead atoms. The molecular formula is C12H9N7. The zero-order valence-electron chi connectivity index (χ0n) is 10.1. The van der Waals surface area contributed by atoms with Gasteiger partial charge in [0.1, 0.15) is 17.5 Å². The minimum Gasteiger partial charge on any atom is -0.382 e. The SMILES string of the molecule is Cc1nc2nc(-c3ccncc3)nn2c(N)c1C#N. The van der Waals surface area contributed by atoms with Gasteiger partial charge in [0.25, 0.3) is 5.78 Å². The summed E-state index contributed by atoms with van der Waals surface area (Å²) < 4.78 is 1.38. The summed E-state index contributed by atoms with van der Waals surface area (Å²) in [6, 6.07) is 5.61. The monoisotopic (exact) mass is 251 g/mol. The number of nitriles is 1. The van der Waals surface area contributed by atoms with Crippen LogP contribution in [-0.4, -0.2) is 24.6 Å². The summed E-state index contributed by atoms with van der Waals surface area (Å²) in [6.45, 7) is 1.72. The Balaban J connectivity index is 2.28. The molecule has 0 spiro atoms. The van der Waals surface area contributed by atoms with E-state index in [4.69, 9.17) is 11.0 Å². The Hall–Kier alpha value is -3.01. The van der Waals surface area contributed by atoms with Gasteiger partial charge in [-0.05, 0) is 19.1 Å². The third kappa shape index (κ3) is 1.66. The highest BCUT2D eigenvalue weighted by molar-refractivity contribution is 5.60. The van der Waals surface area contributed by atoms with Crippen molar-refractivity contribution in [2.24, 2.45) is 0 Å². The van der Waals surface area contributed by atoms with Gasteiger partial charge >= 0.3 is 0 Å². The third-order valence-corrected chi connectivity index (χ3v) is 2.75. The first-order valence-corrected chi connectivity index (χ1v) is 5.54. The Kier molecular flexibility index (Phi) is 2.35. The smallest absolute Gasteiger partial charge is 0.254 e. The first-order chi connectivity index (χ1) is 9.20. The van der Waals surface area contributed by atoms with Crippen LogP contribution in [0.25, 0.3) is 17.2 Å². The lowest BCUT2D eigenvalue weighted by atomic mass is 10.2. The van der Waals surface area contributed by atoms with Crippen molar-refractivity contribution < 1.29 is 0 Å². The maximum atomic E-state index is 9.04. The number of pyridine rings is 1. The van der Waals surface area contributed by atoms with Crippen molar-refractivity contribution in [3.63, 3.8) is 0 Å². The van der Waals surface area contributed by atoms with Gasteiger partial charge in [-0.25, -0.2) is 4.98 Å². The summed E-state index contributed by atoms with van der Waals surface area (Å²) >= 11 is 0. The largest absolute Gasteiger partial charge is 0.382 e. The van der Waals surface area contributed by atoms with Crippen LogP contribution in [0.15, 0.2) is 24.5 Å². The molecule has 0 aromatic carbocycles. The summed E-state index contributed by atoms with van der Waals surface area (Å²) in [5, 5.41) is 13.3. The van der Waals surface area contributed by atoms with Crippen LogP contribution in [0.4, 0.5) is 5.82 Å². The van der Waals surface area contributed by atoms with Crippen molar-refractivity contribution in [3.8, 4) is 17.5 Å². The molecule has 3 aromatic heterocycles. The first kappa shape index (κ1) is 11.1. The zero-order valence-corrected chi connectivity index (χ0v) is 10.1. The zero-order chi connectivity index (χ0) is 13.4. The van der Waals surface area contributed by atoms with E-state index in [2.05, 4.69) is 20.1 Å². The Morgan fingerprint density at radius 3 is 2.68 bits per heavy atom. The molecule has 0 unspecified atom stereocenters. The fourth-order valence-electron chi connectivity index (χ4n) is 1.80. The number of aromatic nitrogens is 5. The molecule has 92 valence electrons. The van der Waals surface area contributed by atoms with Gasteiger partial charge in [-0.2, -0.15) is 14.8 Å². The van der Waals surface area contributed by atoms with Crippen LogP contribution in [0, 0.1) is 18.3 Å². The molecule has 3 rings (SSSR count). The topological polar surface area (TPSA) is 106 Å². The average molecular weight is 251 g/mol. The van der Waals surface area contributed by atoms with Crippen LogP contribution in [0.5, 0.6) is 0 Å². The van der Waals surface area contributed by atoms with Gasteiger partial charge in [-0.1, -0.05) is 0 Å². The van der Waals surface area contributed by atoms with Gasteiger partial charge in [-0.15, -0.1) is 5.10 Å². The number of hydrogen-bond donors (Lipinski definition) is 1. The summed E-state index contributed by atoms with van der Waals surface area (Å²) in [7, 11) is 0. The molecule has 0 saturated heterocycles. The lowest BCUT2D eigenvalue weighted by molar-refractivity contribution is 0.939. The Morgan fingerprint density at radius 1 is 1.26 bits per heavy atom. The number of nitrogens with zero attached hydrogens (tertiary/aromatic N) is 6. The lowest BCUT2D eigenvalue weighted by Crippen LogP contribution is -2.06. The van der Waals surface area contributed by atoms with E-state index in [0.717, 1.165) is 5.56 Å². The second-order valence-electron chi connectivity index (χ2n) is 3.95. The Bertz CT molecular complexity index is 798. The van der Waals surface area contributed by atoms with E-state index in [9.17, 15) is 0 Å². The van der Waals surface area contributed by atoms with E-state index >= 15 is 0 Å². The van der Waals surface area contributed by atoms with E-state index in [0.29, 0.717) is 22.9 Å². The molecule has 0 amide bonds. The number of fused-ring (bicyclic) bond motifs is 1. The van der Waals surface area contributed by atoms with Crippen molar-refractivity contribution in [2.75, 3.05) is 5.73 Å². The highest BCUT2D eigenvalue weighted by Crippen LogP contribution is 2.19. The van der Waals surface area contributed by atoms with Gasteiger partial charge in [0.05, 0.1) is 5.69 Å². The molecule has 2 N–H and O–H groups in total. The van der Waals surface area contributed by atoms with E-state index < -0.39 is 0 Å². The van der Waals surface area contributed by atoms with Crippen molar-refractivity contribution in [3.05, 3.63) is 35.8 Å². The highest BCUT2D eigenvalue weighted by Gasteiger charge is 2.14. The summed E-state index contributed by atoms with van der Waals surface area (Å²) in [4.78, 5) is 12.5. The first-order valence-electron chi connectivity index (χ1n) is 5.54. The van der Waals surface area contributed by atoms with Gasteiger partial charge in [0, 0.05) is 18.0 Å². The fraction of sp³-hybridized carbons (Fsp3) is 0.0833. The van der Waals surface area contributed by atoms with E-state index in [-0.39, 0.29) is 5.82 Å². The van der Waals surface area contributed by atoms with Gasteiger partial charge in [0.15, 0.2) is 5.82 Å². The molecule has 3 aromatic rings. The predicted octanol–water partition coefficient (Wildman–Crippen LogP) is 0.949. The molecule has 0 aliphatic carbocycles. The Morgan fingerprint density at radius 2 is 2.00 bits per heavy atom. The fourth-order valence-corrected chi connectivity index (χ4v) is 1.80. The maximum absolute atomic E-state index is 9.04. The predicted molar refractivity (Wildman–Crippen MR) is 67.9 cm³/mol. The minimum absolute atomic E-state index is 0.248. The normalized spacial score (nSPS) is 10.5. The van der Waals surface area contributed by atoms with Crippen molar-refractivity contribution in [1.29, 1.82) is 5.26 Å². The number of anilines is 1. The van der Waals surface area contributed by atoms with Crippen LogP contribution < -0.4 is 5.73 Å². The summed E-state index contributed by atoms with van der Waals surface area (Å²) in [5.74, 6) is 1.12. The Labute approximate surface area is 108 Å². The number of nitrogens with two attached hydrogens (primary N) is 1. The van der Waals surface area contributed by atoms with Crippen molar-refractivity contribution >= 4 is 11.6 Å². The van der Waals surface area contributed by atoms with E-state index in [1.165, 1.54) is 4.52 Å². The molecule has 3 heterocycles. The van der Waals surface area contributed by atoms with Crippen molar-refractivity contribution in [2.45, 2.75) is 6.92 Å². The second kappa shape index (κ2) is 4.03. The molecule has 7 nitrogen and oxygen atoms in total. The number of rotatable bonds is 1. The number of hydrogen-bond acceptors (Lipinski definition) is 6. The van der Waals surface area contributed by atoms with Crippen LogP contribution in [-0.2, 0) is 0 Å². The highest BCUT2D eigenvalue weighted by atomic mass is 15.4. The van der Waals surface area contributed by atoms with Crippen LogP contribution in [0.3, 0.4) is 0 Å². The van der Waals surface area contributed by atoms with Crippen LogP contribution in [0.1, 0.15) is 11.3 Å². The molecule has 0 saturated carbocycles. The summed E-state index contributed by atoms with van der Waals surface area (Å²) in [5.41, 5.74) is 7.58. The van der Waals surface area contributed by atoms with E-state index in [1.807, 2.05) is 6.07 Å². The molecule has 7 heteroatoms. The quantitative estimate of drug-likeness (QED) is 0.690. The van der Waals surface area contributed by atoms with Crippen LogP contribution >= 0.6 is 0 Å². The molecule has 0 fully saturated rings. The van der Waals surface area contributed by atoms with Crippen molar-refractivity contribution in [1.82, 2.24) is 24.6 Å². The lowest BCUT2D eigenvalue weighted by Gasteiger charge is -2.01.